The van der Waals surface area contributed by atoms with Crippen molar-refractivity contribution in [3.8, 4) is 0 Å². The van der Waals surface area contributed by atoms with Gasteiger partial charge in [-0.25, -0.2) is 4.79 Å². The number of carboxylic acid groups (broad SMARTS) is 1. The Bertz CT molecular complexity index is 397. The number of aliphatic carboxylic acids is 1. The molecule has 1 aliphatic rings. The van der Waals surface area contributed by atoms with Gasteiger partial charge in [0.15, 0.2) is 0 Å². The molecule has 0 aromatic carbocycles. The number of carboxylic acids is 1. The van der Waals surface area contributed by atoms with Crippen molar-refractivity contribution >= 4 is 12.0 Å². The van der Waals surface area contributed by atoms with E-state index < -0.39 is 5.97 Å². The molecule has 1 aliphatic carbocycles. The van der Waals surface area contributed by atoms with Crippen molar-refractivity contribution in [1.82, 2.24) is 20.4 Å². The summed E-state index contributed by atoms with van der Waals surface area (Å²) in [6, 6.07) is 0.782. The van der Waals surface area contributed by atoms with E-state index in [-0.39, 0.29) is 30.7 Å². The standard InChI is InChI=1S/C16H32N4O3/c1-6-20(10-15(21)22)14-7-13(8-14)18-16(23)17-12(4)9-19(5)11(2)3/h11-14H,6-10H2,1-5H3,(H,21,22)(H2,17,18,23)/t12-,13?,14?/m1/s1. The van der Waals surface area contributed by atoms with Crippen molar-refractivity contribution in [3.05, 3.63) is 0 Å². The van der Waals surface area contributed by atoms with E-state index in [0.717, 1.165) is 19.4 Å². The first kappa shape index (κ1) is 19.7. The molecule has 0 unspecified atom stereocenters. The zero-order valence-corrected chi connectivity index (χ0v) is 15.0. The lowest BCUT2D eigenvalue weighted by Gasteiger charge is -2.42. The maximum atomic E-state index is 12.0. The minimum absolute atomic E-state index is 0.0681. The van der Waals surface area contributed by atoms with E-state index >= 15 is 0 Å². The van der Waals surface area contributed by atoms with Crippen LogP contribution in [0.1, 0.15) is 40.5 Å². The second-order valence-corrected chi connectivity index (χ2v) is 6.83. The molecule has 0 heterocycles. The Morgan fingerprint density at radius 3 is 2.35 bits per heavy atom. The van der Waals surface area contributed by atoms with Gasteiger partial charge in [0.25, 0.3) is 0 Å². The highest BCUT2D eigenvalue weighted by Gasteiger charge is 2.34. The Hall–Kier alpha value is -1.34. The number of hydrogen-bond acceptors (Lipinski definition) is 4. The summed E-state index contributed by atoms with van der Waals surface area (Å²) in [4.78, 5) is 26.9. The Balaban J connectivity index is 2.26. The lowest BCUT2D eigenvalue weighted by atomic mass is 9.85. The second kappa shape index (κ2) is 9.08. The fourth-order valence-corrected chi connectivity index (χ4v) is 2.82. The molecule has 1 atom stereocenters. The Morgan fingerprint density at radius 2 is 1.87 bits per heavy atom. The van der Waals surface area contributed by atoms with E-state index in [1.54, 1.807) is 0 Å². The number of amides is 2. The van der Waals surface area contributed by atoms with E-state index in [4.69, 9.17) is 5.11 Å². The smallest absolute Gasteiger partial charge is 0.317 e. The molecular formula is C16H32N4O3. The minimum Gasteiger partial charge on any atom is -0.480 e. The van der Waals surface area contributed by atoms with E-state index in [1.807, 2.05) is 25.8 Å². The van der Waals surface area contributed by atoms with Crippen LogP contribution in [0.2, 0.25) is 0 Å². The monoisotopic (exact) mass is 328 g/mol. The first-order valence-electron chi connectivity index (χ1n) is 8.46. The van der Waals surface area contributed by atoms with Gasteiger partial charge in [0.2, 0.25) is 0 Å². The highest BCUT2D eigenvalue weighted by atomic mass is 16.4. The van der Waals surface area contributed by atoms with E-state index in [2.05, 4.69) is 29.4 Å². The number of nitrogens with one attached hydrogen (secondary N) is 2. The Kier molecular flexibility index (Phi) is 7.78. The summed E-state index contributed by atoms with van der Waals surface area (Å²) < 4.78 is 0. The van der Waals surface area contributed by atoms with Crippen LogP contribution < -0.4 is 10.6 Å². The molecule has 0 spiro atoms. The molecule has 7 nitrogen and oxygen atoms in total. The number of hydrogen-bond donors (Lipinski definition) is 3. The lowest BCUT2D eigenvalue weighted by molar-refractivity contribution is -0.139. The summed E-state index contributed by atoms with van der Waals surface area (Å²) in [5.41, 5.74) is 0. The number of carbonyl (C=O) groups excluding carboxylic acids is 1. The largest absolute Gasteiger partial charge is 0.480 e. The normalized spacial score (nSPS) is 22.1. The molecule has 0 aromatic rings. The predicted molar refractivity (Wildman–Crippen MR) is 90.6 cm³/mol. The van der Waals surface area contributed by atoms with Gasteiger partial charge >= 0.3 is 12.0 Å². The molecule has 2 amide bonds. The van der Waals surface area contributed by atoms with Crippen LogP contribution in [0.5, 0.6) is 0 Å². The molecule has 0 aliphatic heterocycles. The number of urea groups is 1. The third kappa shape index (κ3) is 6.74. The van der Waals surface area contributed by atoms with Gasteiger partial charge in [-0.15, -0.1) is 0 Å². The van der Waals surface area contributed by atoms with Gasteiger partial charge in [0, 0.05) is 30.7 Å². The first-order chi connectivity index (χ1) is 10.7. The van der Waals surface area contributed by atoms with Crippen LogP contribution in [0.15, 0.2) is 0 Å². The van der Waals surface area contributed by atoms with Crippen LogP contribution in [0.25, 0.3) is 0 Å². The topological polar surface area (TPSA) is 84.9 Å². The molecule has 0 aromatic heterocycles. The number of likely N-dealkylation sites (N-methyl/N-ethyl adjacent to an activating group) is 2. The Labute approximate surface area is 139 Å². The zero-order chi connectivity index (χ0) is 17.6. The van der Waals surface area contributed by atoms with Gasteiger partial charge < -0.3 is 20.6 Å². The van der Waals surface area contributed by atoms with Crippen LogP contribution >= 0.6 is 0 Å². The fourth-order valence-electron chi connectivity index (χ4n) is 2.82. The quantitative estimate of drug-likeness (QED) is 0.587. The van der Waals surface area contributed by atoms with E-state index in [1.165, 1.54) is 0 Å². The maximum Gasteiger partial charge on any atom is 0.317 e. The summed E-state index contributed by atoms with van der Waals surface area (Å²) >= 11 is 0. The van der Waals surface area contributed by atoms with Crippen LogP contribution in [-0.2, 0) is 4.79 Å². The van der Waals surface area contributed by atoms with Crippen molar-refractivity contribution in [2.24, 2.45) is 0 Å². The molecule has 1 saturated carbocycles. The van der Waals surface area contributed by atoms with E-state index in [9.17, 15) is 9.59 Å². The molecule has 0 saturated heterocycles. The van der Waals surface area contributed by atoms with Gasteiger partial charge in [-0.3, -0.25) is 9.69 Å². The Morgan fingerprint density at radius 1 is 1.26 bits per heavy atom. The maximum absolute atomic E-state index is 12.0. The molecular weight excluding hydrogens is 296 g/mol. The molecule has 7 heteroatoms. The van der Waals surface area contributed by atoms with Crippen LogP contribution in [0.4, 0.5) is 4.79 Å². The highest BCUT2D eigenvalue weighted by Crippen LogP contribution is 2.25. The van der Waals surface area contributed by atoms with Gasteiger partial charge in [-0.1, -0.05) is 6.92 Å². The van der Waals surface area contributed by atoms with Gasteiger partial charge in [0.05, 0.1) is 6.54 Å². The van der Waals surface area contributed by atoms with Gasteiger partial charge in [0.1, 0.15) is 0 Å². The molecule has 1 fully saturated rings. The highest BCUT2D eigenvalue weighted by molar-refractivity contribution is 5.74. The summed E-state index contributed by atoms with van der Waals surface area (Å²) in [6.07, 6.45) is 1.63. The van der Waals surface area contributed by atoms with E-state index in [0.29, 0.717) is 12.6 Å². The minimum atomic E-state index is -0.802. The third-order valence-electron chi connectivity index (χ3n) is 4.53. The second-order valence-electron chi connectivity index (χ2n) is 6.83. The molecule has 1 rings (SSSR count). The summed E-state index contributed by atoms with van der Waals surface area (Å²) in [6.45, 7) is 9.79. The molecule has 134 valence electrons. The van der Waals surface area contributed by atoms with Crippen LogP contribution in [-0.4, -0.2) is 77.8 Å². The first-order valence-corrected chi connectivity index (χ1v) is 8.46. The van der Waals surface area contributed by atoms with Gasteiger partial charge in [-0.2, -0.15) is 0 Å². The predicted octanol–water partition coefficient (Wildman–Crippen LogP) is 0.952. The summed E-state index contributed by atoms with van der Waals surface area (Å²) in [7, 11) is 2.04. The number of carbonyl (C=O) groups is 2. The average molecular weight is 328 g/mol. The van der Waals surface area contributed by atoms with Crippen molar-refractivity contribution in [2.75, 3.05) is 26.7 Å². The molecule has 3 N–H and O–H groups in total. The van der Waals surface area contributed by atoms with Crippen LogP contribution in [0.3, 0.4) is 0 Å². The van der Waals surface area contributed by atoms with Crippen molar-refractivity contribution in [3.63, 3.8) is 0 Å². The molecule has 0 radical (unpaired) electrons. The molecule has 0 bridgehead atoms. The van der Waals surface area contributed by atoms with Crippen molar-refractivity contribution < 1.29 is 14.7 Å². The number of nitrogens with zero attached hydrogens (tertiary/aromatic N) is 2. The summed E-state index contributed by atoms with van der Waals surface area (Å²) in [5, 5.41) is 14.8. The van der Waals surface area contributed by atoms with Crippen LogP contribution in [0, 0.1) is 0 Å². The number of rotatable bonds is 9. The molecule has 23 heavy (non-hydrogen) atoms. The third-order valence-corrected chi connectivity index (χ3v) is 4.53. The van der Waals surface area contributed by atoms with Crippen molar-refractivity contribution in [2.45, 2.75) is 64.7 Å². The summed E-state index contributed by atoms with van der Waals surface area (Å²) in [5.74, 6) is -0.802. The SMILES string of the molecule is CCN(CC(=O)O)C1CC(NC(=O)N[C@H](C)CN(C)C(C)C)C1. The van der Waals surface area contributed by atoms with Crippen molar-refractivity contribution in [1.29, 1.82) is 0 Å². The van der Waals surface area contributed by atoms with Gasteiger partial charge in [-0.05, 0) is 47.2 Å². The zero-order valence-electron chi connectivity index (χ0n) is 15.0. The fraction of sp³-hybridized carbons (Fsp3) is 0.875. The lowest BCUT2D eigenvalue weighted by Crippen LogP contribution is -2.57. The average Bonchev–Trinajstić information content (AvgIpc) is 2.39.